The van der Waals surface area contributed by atoms with E-state index < -0.39 is 12.0 Å². The van der Waals surface area contributed by atoms with Crippen LogP contribution in [-0.2, 0) is 0 Å². The molecule has 5 heteroatoms. The topological polar surface area (TPSA) is 9.23 Å². The average Bonchev–Trinajstić information content (AvgIpc) is 2.60. The molecule has 1 aliphatic carbocycles. The number of hydrogen-bond donors (Lipinski definition) is 0. The molecule has 0 heterocycles. The molecule has 1 fully saturated rings. The highest BCUT2D eigenvalue weighted by Gasteiger charge is 2.23. The van der Waals surface area contributed by atoms with Crippen molar-refractivity contribution in [2.75, 3.05) is 6.61 Å². The molecule has 0 radical (unpaired) electrons. The molecule has 0 bridgehead atoms. The molecule has 0 saturated heterocycles. The molecule has 0 spiro atoms. The lowest BCUT2D eigenvalue weighted by Crippen LogP contribution is -2.13. The van der Waals surface area contributed by atoms with E-state index in [1.165, 1.54) is 50.7 Å². The van der Waals surface area contributed by atoms with Gasteiger partial charge >= 0.3 is 6.18 Å². The van der Waals surface area contributed by atoms with Crippen LogP contribution in [0.4, 0.5) is 17.6 Å². The Morgan fingerprint density at radius 3 is 2.46 bits per heavy atom. The van der Waals surface area contributed by atoms with Crippen molar-refractivity contribution in [2.24, 2.45) is 5.92 Å². The summed E-state index contributed by atoms with van der Waals surface area (Å²) in [7, 11) is 0. The predicted molar refractivity (Wildman–Crippen MR) is 95.9 cm³/mol. The third-order valence-electron chi connectivity index (χ3n) is 5.13. The van der Waals surface area contributed by atoms with Gasteiger partial charge in [-0.2, -0.15) is 13.2 Å². The second kappa shape index (κ2) is 9.98. The van der Waals surface area contributed by atoms with Crippen molar-refractivity contribution in [2.45, 2.75) is 70.4 Å². The number of benzene rings is 1. The highest BCUT2D eigenvalue weighted by Crippen LogP contribution is 2.38. The molecule has 0 N–H and O–H groups in total. The summed E-state index contributed by atoms with van der Waals surface area (Å²) in [6.07, 6.45) is 6.23. The van der Waals surface area contributed by atoms with Crippen molar-refractivity contribution in [1.82, 2.24) is 0 Å². The number of halogens is 4. The summed E-state index contributed by atoms with van der Waals surface area (Å²) in [4.78, 5) is 0. The SMILES string of the molecule is CCCCCC1CCC(c2ccc(OCC=CC(F)(F)F)c(F)c2)CC1. The summed E-state index contributed by atoms with van der Waals surface area (Å²) in [6.45, 7) is 1.91. The molecule has 0 amide bonds. The van der Waals surface area contributed by atoms with E-state index in [1.54, 1.807) is 0 Å². The molecule has 146 valence electrons. The maximum absolute atomic E-state index is 14.2. The highest BCUT2D eigenvalue weighted by atomic mass is 19.4. The Hall–Kier alpha value is -1.52. The first-order valence-electron chi connectivity index (χ1n) is 9.55. The molecule has 1 nitrogen and oxygen atoms in total. The lowest BCUT2D eigenvalue weighted by atomic mass is 9.77. The first-order valence-corrected chi connectivity index (χ1v) is 9.55. The Bertz CT molecular complexity index is 572. The average molecular weight is 372 g/mol. The van der Waals surface area contributed by atoms with Gasteiger partial charge in [0.05, 0.1) is 0 Å². The number of ether oxygens (including phenoxy) is 1. The van der Waals surface area contributed by atoms with E-state index in [-0.39, 0.29) is 18.4 Å². The van der Waals surface area contributed by atoms with Gasteiger partial charge in [0.25, 0.3) is 0 Å². The van der Waals surface area contributed by atoms with Crippen LogP contribution in [0.15, 0.2) is 30.4 Å². The van der Waals surface area contributed by atoms with Crippen LogP contribution in [-0.4, -0.2) is 12.8 Å². The normalized spacial score (nSPS) is 21.3. The number of unbranched alkanes of at least 4 members (excludes halogenated alkanes) is 2. The van der Waals surface area contributed by atoms with Gasteiger partial charge in [0.15, 0.2) is 11.6 Å². The van der Waals surface area contributed by atoms with Crippen molar-refractivity contribution in [3.63, 3.8) is 0 Å². The molecule has 1 saturated carbocycles. The Labute approximate surface area is 153 Å². The molecule has 0 unspecified atom stereocenters. The van der Waals surface area contributed by atoms with Crippen LogP contribution in [0.5, 0.6) is 5.75 Å². The lowest BCUT2D eigenvalue weighted by molar-refractivity contribution is -0.0801. The predicted octanol–water partition coefficient (Wildman–Crippen LogP) is 7.18. The minimum absolute atomic E-state index is 0.00572. The Kier molecular flexibility index (Phi) is 7.98. The smallest absolute Gasteiger partial charge is 0.409 e. The van der Waals surface area contributed by atoms with Crippen molar-refractivity contribution in [3.8, 4) is 5.75 Å². The van der Waals surface area contributed by atoms with E-state index in [9.17, 15) is 17.6 Å². The van der Waals surface area contributed by atoms with Crippen molar-refractivity contribution in [1.29, 1.82) is 0 Å². The van der Waals surface area contributed by atoms with Gasteiger partial charge in [-0.3, -0.25) is 0 Å². The van der Waals surface area contributed by atoms with Crippen molar-refractivity contribution in [3.05, 3.63) is 41.7 Å². The van der Waals surface area contributed by atoms with Gasteiger partial charge in [0, 0.05) is 6.08 Å². The summed E-state index contributed by atoms with van der Waals surface area (Å²) in [5.74, 6) is 0.651. The van der Waals surface area contributed by atoms with E-state index in [0.717, 1.165) is 30.4 Å². The van der Waals surface area contributed by atoms with E-state index in [1.807, 2.05) is 6.07 Å². The monoisotopic (exact) mass is 372 g/mol. The summed E-state index contributed by atoms with van der Waals surface area (Å²) >= 11 is 0. The summed E-state index contributed by atoms with van der Waals surface area (Å²) < 4.78 is 55.3. The van der Waals surface area contributed by atoms with Crippen LogP contribution in [0.1, 0.15) is 69.8 Å². The third-order valence-corrected chi connectivity index (χ3v) is 5.13. The standard InChI is InChI=1S/C21H28F4O/c1-2-3-4-6-16-7-9-17(10-8-16)18-11-12-20(19(22)15-18)26-14-5-13-21(23,24)25/h5,11-13,15-17H,2-4,6-10,14H2,1H3. The Morgan fingerprint density at radius 1 is 1.12 bits per heavy atom. The molecule has 0 aliphatic heterocycles. The first-order chi connectivity index (χ1) is 12.4. The zero-order valence-electron chi connectivity index (χ0n) is 15.3. The molecule has 0 aromatic heterocycles. The van der Waals surface area contributed by atoms with Crippen LogP contribution >= 0.6 is 0 Å². The third kappa shape index (κ3) is 7.00. The van der Waals surface area contributed by atoms with Gasteiger partial charge in [0.2, 0.25) is 0 Å². The molecule has 1 aliphatic rings. The van der Waals surface area contributed by atoms with Gasteiger partial charge < -0.3 is 4.74 Å². The van der Waals surface area contributed by atoms with Crippen LogP contribution < -0.4 is 4.74 Å². The van der Waals surface area contributed by atoms with Crippen molar-refractivity contribution < 1.29 is 22.3 Å². The summed E-state index contributed by atoms with van der Waals surface area (Å²) in [6, 6.07) is 4.85. The zero-order chi connectivity index (χ0) is 19.0. The maximum atomic E-state index is 14.2. The molecular weight excluding hydrogens is 344 g/mol. The highest BCUT2D eigenvalue weighted by molar-refractivity contribution is 5.31. The van der Waals surface area contributed by atoms with E-state index in [4.69, 9.17) is 4.74 Å². The number of hydrogen-bond acceptors (Lipinski definition) is 1. The fourth-order valence-electron chi connectivity index (χ4n) is 3.68. The molecule has 0 atom stereocenters. The molecule has 1 aromatic carbocycles. The second-order valence-corrected chi connectivity index (χ2v) is 7.16. The first kappa shape index (κ1) is 20.8. The Morgan fingerprint density at radius 2 is 1.85 bits per heavy atom. The van der Waals surface area contributed by atoms with Gasteiger partial charge in [-0.1, -0.05) is 38.7 Å². The maximum Gasteiger partial charge on any atom is 0.409 e. The zero-order valence-corrected chi connectivity index (χ0v) is 15.3. The minimum atomic E-state index is -4.37. The molecular formula is C21H28F4O. The molecule has 26 heavy (non-hydrogen) atoms. The van der Waals surface area contributed by atoms with E-state index >= 15 is 0 Å². The second-order valence-electron chi connectivity index (χ2n) is 7.16. The van der Waals surface area contributed by atoms with Gasteiger partial charge in [0.1, 0.15) is 6.61 Å². The number of alkyl halides is 3. The van der Waals surface area contributed by atoms with E-state index in [0.29, 0.717) is 5.92 Å². The molecule has 1 aromatic rings. The minimum Gasteiger partial charge on any atom is -0.486 e. The molecule has 2 rings (SSSR count). The van der Waals surface area contributed by atoms with Crippen LogP contribution in [0, 0.1) is 11.7 Å². The summed E-state index contributed by atoms with van der Waals surface area (Å²) in [5, 5.41) is 0. The Balaban J connectivity index is 1.83. The fraction of sp³-hybridized carbons (Fsp3) is 0.619. The van der Waals surface area contributed by atoms with Crippen LogP contribution in [0.2, 0.25) is 0 Å². The van der Waals surface area contributed by atoms with Gasteiger partial charge in [-0.25, -0.2) is 4.39 Å². The van der Waals surface area contributed by atoms with Crippen molar-refractivity contribution >= 4 is 0 Å². The fourth-order valence-corrected chi connectivity index (χ4v) is 3.68. The van der Waals surface area contributed by atoms with Gasteiger partial charge in [-0.15, -0.1) is 0 Å². The van der Waals surface area contributed by atoms with Crippen LogP contribution in [0.25, 0.3) is 0 Å². The number of rotatable bonds is 8. The van der Waals surface area contributed by atoms with Gasteiger partial charge in [-0.05, 0) is 61.3 Å². The quantitative estimate of drug-likeness (QED) is 0.267. The van der Waals surface area contributed by atoms with Crippen LogP contribution in [0.3, 0.4) is 0 Å². The lowest BCUT2D eigenvalue weighted by Gasteiger charge is -2.29. The summed E-state index contributed by atoms with van der Waals surface area (Å²) in [5.41, 5.74) is 0.965. The largest absolute Gasteiger partial charge is 0.486 e. The number of allylic oxidation sites excluding steroid dienone is 1. The van der Waals surface area contributed by atoms with E-state index in [2.05, 4.69) is 6.92 Å².